The second-order valence-corrected chi connectivity index (χ2v) is 4.78. The number of carbonyl (C=O) groups excluding carboxylic acids is 1. The number of aliphatic carboxylic acids is 1. The van der Waals surface area contributed by atoms with Crippen molar-refractivity contribution in [3.8, 4) is 11.5 Å². The van der Waals surface area contributed by atoms with E-state index >= 15 is 0 Å². The quantitative estimate of drug-likeness (QED) is 0.637. The molecule has 0 bridgehead atoms. The Bertz CT molecular complexity index is 531. The van der Waals surface area contributed by atoms with Gasteiger partial charge in [0, 0.05) is 13.0 Å². The summed E-state index contributed by atoms with van der Waals surface area (Å²) in [6, 6.07) is 4.39. The molecule has 1 amide bonds. The van der Waals surface area contributed by atoms with Crippen molar-refractivity contribution in [3.63, 3.8) is 0 Å². The molecule has 1 aromatic carbocycles. The van der Waals surface area contributed by atoms with Crippen LogP contribution in [0, 0.1) is 0 Å². The van der Waals surface area contributed by atoms with Gasteiger partial charge in [0.25, 0.3) is 0 Å². The van der Waals surface area contributed by atoms with Gasteiger partial charge in [-0.3, -0.25) is 9.59 Å². The van der Waals surface area contributed by atoms with Gasteiger partial charge in [0.2, 0.25) is 5.91 Å². The van der Waals surface area contributed by atoms with Gasteiger partial charge < -0.3 is 24.6 Å². The first-order valence-electron chi connectivity index (χ1n) is 7.32. The molecule has 0 radical (unpaired) electrons. The van der Waals surface area contributed by atoms with E-state index in [0.29, 0.717) is 30.3 Å². The average Bonchev–Trinajstić information content (AvgIpc) is 2.53. The maximum atomic E-state index is 11.9. The maximum absolute atomic E-state index is 11.9. The number of carboxylic acids is 1. The summed E-state index contributed by atoms with van der Waals surface area (Å²) in [6.45, 7) is 2.67. The van der Waals surface area contributed by atoms with Crippen molar-refractivity contribution in [1.29, 1.82) is 0 Å². The normalized spacial score (nSPS) is 11.6. The van der Waals surface area contributed by atoms with Crippen LogP contribution < -0.4 is 14.8 Å². The molecule has 7 heteroatoms. The van der Waals surface area contributed by atoms with Crippen molar-refractivity contribution in [2.75, 3.05) is 27.4 Å². The van der Waals surface area contributed by atoms with Crippen LogP contribution in [0.25, 0.3) is 0 Å². The summed E-state index contributed by atoms with van der Waals surface area (Å²) in [7, 11) is 3.01. The van der Waals surface area contributed by atoms with Crippen LogP contribution in [0.3, 0.4) is 0 Å². The van der Waals surface area contributed by atoms with Crippen LogP contribution in [0.2, 0.25) is 0 Å². The summed E-state index contributed by atoms with van der Waals surface area (Å²) < 4.78 is 15.5. The molecule has 1 unspecified atom stereocenters. The number of hydrogen-bond acceptors (Lipinski definition) is 5. The van der Waals surface area contributed by atoms with Gasteiger partial charge in [-0.2, -0.15) is 0 Å². The molecular formula is C16H23NO6. The lowest BCUT2D eigenvalue weighted by Crippen LogP contribution is -2.30. The molecule has 0 spiro atoms. The Labute approximate surface area is 135 Å². The molecule has 1 rings (SSSR count). The van der Waals surface area contributed by atoms with Gasteiger partial charge >= 0.3 is 5.97 Å². The van der Waals surface area contributed by atoms with Crippen LogP contribution in [-0.4, -0.2) is 44.4 Å². The Morgan fingerprint density at radius 2 is 1.91 bits per heavy atom. The summed E-state index contributed by atoms with van der Waals surface area (Å²) >= 11 is 0. The number of hydrogen-bond donors (Lipinski definition) is 2. The Morgan fingerprint density at radius 1 is 1.22 bits per heavy atom. The molecule has 1 atom stereocenters. The maximum Gasteiger partial charge on any atom is 0.305 e. The Kier molecular flexibility index (Phi) is 7.90. The molecule has 0 aliphatic heterocycles. The lowest BCUT2D eigenvalue weighted by Gasteiger charge is -2.19. The van der Waals surface area contributed by atoms with Gasteiger partial charge in [0.1, 0.15) is 0 Å². The van der Waals surface area contributed by atoms with Crippen LogP contribution in [0.5, 0.6) is 11.5 Å². The third-order valence-corrected chi connectivity index (χ3v) is 3.20. The molecule has 0 saturated carbocycles. The predicted octanol–water partition coefficient (Wildman–Crippen LogP) is 1.76. The highest BCUT2D eigenvalue weighted by molar-refractivity contribution is 5.78. The van der Waals surface area contributed by atoms with Crippen molar-refractivity contribution >= 4 is 11.9 Å². The Balaban J connectivity index is 2.88. The topological polar surface area (TPSA) is 94.1 Å². The van der Waals surface area contributed by atoms with E-state index in [1.807, 2.05) is 6.92 Å². The van der Waals surface area contributed by atoms with Crippen molar-refractivity contribution < 1.29 is 28.9 Å². The van der Waals surface area contributed by atoms with Gasteiger partial charge in [-0.1, -0.05) is 6.07 Å². The number of amides is 1. The van der Waals surface area contributed by atoms with Gasteiger partial charge in [-0.25, -0.2) is 0 Å². The smallest absolute Gasteiger partial charge is 0.305 e. The summed E-state index contributed by atoms with van der Waals surface area (Å²) in [5, 5.41) is 11.8. The van der Waals surface area contributed by atoms with Crippen molar-refractivity contribution in [2.24, 2.45) is 0 Å². The number of carbonyl (C=O) groups is 2. The minimum atomic E-state index is -1.00. The number of ether oxygens (including phenoxy) is 3. The fourth-order valence-electron chi connectivity index (χ4n) is 2.07. The second-order valence-electron chi connectivity index (χ2n) is 4.78. The van der Waals surface area contributed by atoms with Crippen LogP contribution >= 0.6 is 0 Å². The molecule has 7 nitrogen and oxygen atoms in total. The molecule has 0 aliphatic rings. The lowest BCUT2D eigenvalue weighted by molar-refractivity contribution is -0.137. The van der Waals surface area contributed by atoms with Gasteiger partial charge in [0.15, 0.2) is 11.5 Å². The summed E-state index contributed by atoms with van der Waals surface area (Å²) in [6.07, 6.45) is -0.0485. The van der Waals surface area contributed by atoms with E-state index in [2.05, 4.69) is 5.32 Å². The first-order chi connectivity index (χ1) is 11.0. The second kappa shape index (κ2) is 9.68. The van der Waals surface area contributed by atoms with E-state index in [1.165, 1.54) is 14.2 Å². The van der Waals surface area contributed by atoms with Gasteiger partial charge in [-0.15, -0.1) is 0 Å². The third kappa shape index (κ3) is 6.15. The molecule has 2 N–H and O–H groups in total. The molecule has 0 fully saturated rings. The molecule has 0 aromatic heterocycles. The zero-order chi connectivity index (χ0) is 17.2. The van der Waals surface area contributed by atoms with Crippen molar-refractivity contribution in [2.45, 2.75) is 25.8 Å². The minimum Gasteiger partial charge on any atom is -0.493 e. The SMILES string of the molecule is CCOCCC(=O)NC(CC(=O)O)c1ccc(OC)c(OC)c1. The zero-order valence-corrected chi connectivity index (χ0v) is 13.6. The molecule has 0 aliphatic carbocycles. The van der Waals surface area contributed by atoms with E-state index in [4.69, 9.17) is 19.3 Å². The highest BCUT2D eigenvalue weighted by Crippen LogP contribution is 2.31. The molecule has 0 heterocycles. The van der Waals surface area contributed by atoms with Crippen LogP contribution in [0.1, 0.15) is 31.4 Å². The molecule has 0 saturated heterocycles. The van der Waals surface area contributed by atoms with Gasteiger partial charge in [0.05, 0.1) is 33.3 Å². The van der Waals surface area contributed by atoms with E-state index in [0.717, 1.165) is 0 Å². The Morgan fingerprint density at radius 3 is 2.48 bits per heavy atom. The van der Waals surface area contributed by atoms with E-state index < -0.39 is 12.0 Å². The first kappa shape index (κ1) is 18.8. The molecule has 1 aromatic rings. The van der Waals surface area contributed by atoms with Crippen LogP contribution in [0.15, 0.2) is 18.2 Å². The number of nitrogens with one attached hydrogen (secondary N) is 1. The van der Waals surface area contributed by atoms with E-state index in [9.17, 15) is 9.59 Å². The highest BCUT2D eigenvalue weighted by Gasteiger charge is 2.19. The minimum absolute atomic E-state index is 0.178. The Hall–Kier alpha value is -2.28. The zero-order valence-electron chi connectivity index (χ0n) is 13.6. The van der Waals surface area contributed by atoms with Crippen molar-refractivity contribution in [1.82, 2.24) is 5.32 Å². The van der Waals surface area contributed by atoms with Crippen LogP contribution in [-0.2, 0) is 14.3 Å². The fraction of sp³-hybridized carbons (Fsp3) is 0.500. The van der Waals surface area contributed by atoms with Crippen LogP contribution in [0.4, 0.5) is 0 Å². The lowest BCUT2D eigenvalue weighted by atomic mass is 10.0. The standard InChI is InChI=1S/C16H23NO6/c1-4-23-8-7-15(18)17-12(10-16(19)20)11-5-6-13(21-2)14(9-11)22-3/h5-6,9,12H,4,7-8,10H2,1-3H3,(H,17,18)(H,19,20). The number of methoxy groups -OCH3 is 2. The summed E-state index contributed by atoms with van der Waals surface area (Å²) in [5.41, 5.74) is 0.634. The number of carboxylic acid groups (broad SMARTS) is 1. The predicted molar refractivity (Wildman–Crippen MR) is 83.8 cm³/mol. The molecular weight excluding hydrogens is 302 g/mol. The largest absolute Gasteiger partial charge is 0.493 e. The summed E-state index contributed by atoms with van der Waals surface area (Å²) in [5.74, 6) is -0.258. The monoisotopic (exact) mass is 325 g/mol. The van der Waals surface area contributed by atoms with E-state index in [-0.39, 0.29) is 18.7 Å². The van der Waals surface area contributed by atoms with Gasteiger partial charge in [-0.05, 0) is 24.6 Å². The number of rotatable bonds is 10. The molecule has 128 valence electrons. The third-order valence-electron chi connectivity index (χ3n) is 3.20. The fourth-order valence-corrected chi connectivity index (χ4v) is 2.07. The van der Waals surface area contributed by atoms with E-state index in [1.54, 1.807) is 18.2 Å². The highest BCUT2D eigenvalue weighted by atomic mass is 16.5. The summed E-state index contributed by atoms with van der Waals surface area (Å²) in [4.78, 5) is 23.0. The first-order valence-corrected chi connectivity index (χ1v) is 7.32. The number of benzene rings is 1. The molecule has 23 heavy (non-hydrogen) atoms. The average molecular weight is 325 g/mol. The van der Waals surface area contributed by atoms with Crippen molar-refractivity contribution in [3.05, 3.63) is 23.8 Å².